The highest BCUT2D eigenvalue weighted by Crippen LogP contribution is 1.94. The third-order valence-electron chi connectivity index (χ3n) is 1.69. The van der Waals surface area contributed by atoms with Crippen molar-refractivity contribution in [3.8, 4) is 0 Å². The molecule has 0 aromatic rings. The second-order valence-corrected chi connectivity index (χ2v) is 2.88. The van der Waals surface area contributed by atoms with E-state index in [-0.39, 0.29) is 0 Å². The molecular weight excluding hydrogens is 168 g/mol. The quantitative estimate of drug-likeness (QED) is 0.534. The molecule has 0 fully saturated rings. The average molecular weight is 183 g/mol. The Bertz CT molecular complexity index is 264. The molecule has 0 heteroatoms. The molecule has 0 atom stereocenters. The maximum atomic E-state index is 3.20. The molecule has 0 amide bonds. The summed E-state index contributed by atoms with van der Waals surface area (Å²) in [5.74, 6) is 0. The zero-order chi connectivity index (χ0) is 9.90. The fourth-order valence-electron chi connectivity index (χ4n) is 0.997. The molecule has 1 rings (SSSR count). The Labute approximate surface area is 86.3 Å². The van der Waals surface area contributed by atoms with E-state index in [1.807, 2.05) is 54.7 Å². The van der Waals surface area contributed by atoms with E-state index in [1.54, 1.807) is 0 Å². The third kappa shape index (κ3) is 6.01. The Balaban J connectivity index is 2.56. The Kier molecular flexibility index (Phi) is 6.05. The van der Waals surface area contributed by atoms with Gasteiger partial charge in [0.25, 0.3) is 0 Å². The number of hydrogen-bond acceptors (Lipinski definition) is 0. The minimum absolute atomic E-state index is 0.980. The molecule has 0 nitrogen and oxygen atoms in total. The molecule has 0 spiro atoms. The van der Waals surface area contributed by atoms with E-state index in [1.165, 1.54) is 0 Å². The van der Waals surface area contributed by atoms with Gasteiger partial charge in [-0.2, -0.15) is 0 Å². The van der Waals surface area contributed by atoms with E-state index >= 15 is 0 Å². The van der Waals surface area contributed by atoms with Gasteiger partial charge in [0.15, 0.2) is 0 Å². The molecule has 0 heterocycles. The lowest BCUT2D eigenvalue weighted by Gasteiger charge is -1.83. The standard InChI is InChI=1S/C14H15/c1-2-4-6-8-10-12-14-13-11-9-7-5-3-1/h1-11H,12,14H2/b2-1-,5-3+,6-4+,9-7-,10-8-,13-11?. The predicted molar refractivity (Wildman–Crippen MR) is 62.7 cm³/mol. The summed E-state index contributed by atoms with van der Waals surface area (Å²) < 4.78 is 0. The van der Waals surface area contributed by atoms with Crippen molar-refractivity contribution < 1.29 is 0 Å². The largest absolute Gasteiger partial charge is 0.0842 e. The number of rotatable bonds is 0. The number of hydrogen-bond donors (Lipinski definition) is 0. The van der Waals surface area contributed by atoms with Gasteiger partial charge in [-0.25, -0.2) is 0 Å². The summed E-state index contributed by atoms with van der Waals surface area (Å²) in [7, 11) is 0. The van der Waals surface area contributed by atoms with Crippen molar-refractivity contribution in [1.29, 1.82) is 0 Å². The van der Waals surface area contributed by atoms with Crippen molar-refractivity contribution in [2.45, 2.75) is 12.8 Å². The molecule has 71 valence electrons. The summed E-state index contributed by atoms with van der Waals surface area (Å²) in [5, 5.41) is 0. The first-order valence-electron chi connectivity index (χ1n) is 4.88. The molecular formula is C14H15. The normalized spacial score (nSPS) is 30.9. The van der Waals surface area contributed by atoms with Crippen molar-refractivity contribution in [1.82, 2.24) is 0 Å². The zero-order valence-corrected chi connectivity index (χ0v) is 8.27. The number of allylic oxidation sites excluding steroid dienone is 12. The van der Waals surface area contributed by atoms with E-state index in [9.17, 15) is 0 Å². The van der Waals surface area contributed by atoms with Gasteiger partial charge in [-0.1, -0.05) is 66.8 Å². The molecule has 0 N–H and O–H groups in total. The van der Waals surface area contributed by atoms with Gasteiger partial charge >= 0.3 is 0 Å². The highest BCUT2D eigenvalue weighted by molar-refractivity contribution is 5.19. The highest BCUT2D eigenvalue weighted by atomic mass is 13.8. The minimum Gasteiger partial charge on any atom is -0.0842 e. The monoisotopic (exact) mass is 183 g/mol. The van der Waals surface area contributed by atoms with Crippen molar-refractivity contribution >= 4 is 0 Å². The van der Waals surface area contributed by atoms with E-state index in [4.69, 9.17) is 0 Å². The fourth-order valence-corrected chi connectivity index (χ4v) is 0.997. The van der Waals surface area contributed by atoms with Crippen molar-refractivity contribution in [3.05, 3.63) is 72.9 Å². The van der Waals surface area contributed by atoms with Gasteiger partial charge in [-0.05, 0) is 18.9 Å². The van der Waals surface area contributed by atoms with Gasteiger partial charge in [-0.3, -0.25) is 0 Å². The molecule has 0 unspecified atom stereocenters. The molecule has 1 radical (unpaired) electrons. The van der Waals surface area contributed by atoms with Crippen LogP contribution in [0.4, 0.5) is 0 Å². The van der Waals surface area contributed by atoms with Gasteiger partial charge in [0, 0.05) is 0 Å². The van der Waals surface area contributed by atoms with Crippen LogP contribution in [0.2, 0.25) is 0 Å². The van der Waals surface area contributed by atoms with Gasteiger partial charge in [0.2, 0.25) is 0 Å². The lowest BCUT2D eigenvalue weighted by molar-refractivity contribution is 1.03. The summed E-state index contributed by atoms with van der Waals surface area (Å²) in [5.41, 5.74) is 0. The van der Waals surface area contributed by atoms with Crippen LogP contribution in [0, 0.1) is 6.08 Å². The molecule has 1 aliphatic rings. The molecule has 14 heavy (non-hydrogen) atoms. The molecule has 0 saturated carbocycles. The summed E-state index contributed by atoms with van der Waals surface area (Å²) >= 11 is 0. The summed E-state index contributed by atoms with van der Waals surface area (Å²) in [6.45, 7) is 0. The zero-order valence-electron chi connectivity index (χ0n) is 8.27. The maximum Gasteiger partial charge on any atom is -0.0241 e. The van der Waals surface area contributed by atoms with Crippen molar-refractivity contribution in [2.24, 2.45) is 0 Å². The van der Waals surface area contributed by atoms with Crippen LogP contribution in [0.3, 0.4) is 0 Å². The Hall–Kier alpha value is -1.56. The Morgan fingerprint density at radius 2 is 1.21 bits per heavy atom. The topological polar surface area (TPSA) is 0 Å². The van der Waals surface area contributed by atoms with E-state index < -0.39 is 0 Å². The van der Waals surface area contributed by atoms with Crippen LogP contribution in [0.25, 0.3) is 0 Å². The Morgan fingerprint density at radius 1 is 0.643 bits per heavy atom. The lowest BCUT2D eigenvalue weighted by Crippen LogP contribution is -1.64. The lowest BCUT2D eigenvalue weighted by atomic mass is 10.2. The van der Waals surface area contributed by atoms with E-state index in [2.05, 4.69) is 18.2 Å². The van der Waals surface area contributed by atoms with Crippen molar-refractivity contribution in [2.75, 3.05) is 0 Å². The van der Waals surface area contributed by atoms with Gasteiger partial charge in [0.1, 0.15) is 0 Å². The smallest absolute Gasteiger partial charge is 0.0241 e. The summed E-state index contributed by atoms with van der Waals surface area (Å²) in [6.07, 6.45) is 27.5. The summed E-state index contributed by atoms with van der Waals surface area (Å²) in [6, 6.07) is 0. The summed E-state index contributed by atoms with van der Waals surface area (Å²) in [4.78, 5) is 0. The average Bonchev–Trinajstić information content (AvgIpc) is 2.22. The molecule has 0 aromatic carbocycles. The van der Waals surface area contributed by atoms with Gasteiger partial charge in [0.05, 0.1) is 0 Å². The van der Waals surface area contributed by atoms with E-state index in [0.29, 0.717) is 0 Å². The van der Waals surface area contributed by atoms with E-state index in [0.717, 1.165) is 12.8 Å². The molecule has 0 aliphatic heterocycles. The van der Waals surface area contributed by atoms with Gasteiger partial charge < -0.3 is 0 Å². The predicted octanol–water partition coefficient (Wildman–Crippen LogP) is 3.92. The SMILES string of the molecule is [C]1=C/C=C\C=C\C=C/C=C/C=C\CC/1. The first kappa shape index (κ1) is 10.5. The van der Waals surface area contributed by atoms with Crippen molar-refractivity contribution in [3.63, 3.8) is 0 Å². The highest BCUT2D eigenvalue weighted by Gasteiger charge is 1.75. The van der Waals surface area contributed by atoms with Crippen LogP contribution in [0.1, 0.15) is 12.8 Å². The van der Waals surface area contributed by atoms with Crippen LogP contribution in [0.15, 0.2) is 66.8 Å². The van der Waals surface area contributed by atoms with Crippen LogP contribution in [-0.2, 0) is 0 Å². The van der Waals surface area contributed by atoms with Gasteiger partial charge in [-0.15, -0.1) is 0 Å². The van der Waals surface area contributed by atoms with Crippen LogP contribution >= 0.6 is 0 Å². The second-order valence-electron chi connectivity index (χ2n) is 2.88. The van der Waals surface area contributed by atoms with Crippen LogP contribution < -0.4 is 0 Å². The first-order valence-corrected chi connectivity index (χ1v) is 4.88. The maximum absolute atomic E-state index is 3.20. The second kappa shape index (κ2) is 8.06. The molecule has 0 bridgehead atoms. The molecule has 0 aromatic heterocycles. The van der Waals surface area contributed by atoms with Crippen LogP contribution in [0.5, 0.6) is 0 Å². The van der Waals surface area contributed by atoms with Crippen LogP contribution in [-0.4, -0.2) is 0 Å². The molecule has 0 saturated heterocycles. The Morgan fingerprint density at radius 3 is 1.93 bits per heavy atom. The third-order valence-corrected chi connectivity index (χ3v) is 1.69. The first-order chi connectivity index (χ1) is 7.00. The molecule has 1 aliphatic carbocycles. The minimum atomic E-state index is 0.980. The fraction of sp³-hybridized carbons (Fsp3) is 0.143.